The van der Waals surface area contributed by atoms with E-state index in [1.807, 2.05) is 13.8 Å². The molecule has 0 aromatic heterocycles. The van der Waals surface area contributed by atoms with Crippen molar-refractivity contribution < 1.29 is 14.3 Å². The van der Waals surface area contributed by atoms with Crippen molar-refractivity contribution in [2.45, 2.75) is 13.8 Å². The largest absolute Gasteiger partial charge is 0.490 e. The molecule has 1 rings (SSSR count). The molecule has 0 saturated heterocycles. The highest BCUT2D eigenvalue weighted by Gasteiger charge is 2.10. The molecule has 1 N–H and O–H groups in total. The third-order valence-electron chi connectivity index (χ3n) is 2.21. The van der Waals surface area contributed by atoms with Crippen LogP contribution in [-0.2, 0) is 0 Å². The van der Waals surface area contributed by atoms with E-state index in [-0.39, 0.29) is 5.91 Å². The van der Waals surface area contributed by atoms with Gasteiger partial charge in [0.15, 0.2) is 11.5 Å². The van der Waals surface area contributed by atoms with Gasteiger partial charge in [0.05, 0.1) is 13.2 Å². The Morgan fingerprint density at radius 2 is 1.94 bits per heavy atom. The van der Waals surface area contributed by atoms with Crippen molar-refractivity contribution in [2.24, 2.45) is 0 Å². The topological polar surface area (TPSA) is 47.6 Å². The SMILES string of the molecule is C=CCNC(=O)c1ccc(OCC)c(OCC)c1. The van der Waals surface area contributed by atoms with Crippen LogP contribution in [0.3, 0.4) is 0 Å². The van der Waals surface area contributed by atoms with Gasteiger partial charge >= 0.3 is 0 Å². The van der Waals surface area contributed by atoms with Crippen LogP contribution in [0.25, 0.3) is 0 Å². The fraction of sp³-hybridized carbons (Fsp3) is 0.357. The summed E-state index contributed by atoms with van der Waals surface area (Å²) in [4.78, 5) is 11.8. The second-order valence-electron chi connectivity index (χ2n) is 3.53. The van der Waals surface area contributed by atoms with E-state index in [0.717, 1.165) is 0 Å². The third kappa shape index (κ3) is 3.80. The standard InChI is InChI=1S/C14H19NO3/c1-4-9-15-14(16)11-7-8-12(17-5-2)13(10-11)18-6-3/h4,7-8,10H,1,5-6,9H2,2-3H3,(H,15,16). The maximum absolute atomic E-state index is 11.8. The molecule has 0 saturated carbocycles. The zero-order chi connectivity index (χ0) is 13.4. The summed E-state index contributed by atoms with van der Waals surface area (Å²) in [6, 6.07) is 5.15. The minimum absolute atomic E-state index is 0.154. The molecule has 18 heavy (non-hydrogen) atoms. The fourth-order valence-corrected chi connectivity index (χ4v) is 1.46. The number of hydrogen-bond donors (Lipinski definition) is 1. The predicted molar refractivity (Wildman–Crippen MR) is 71.3 cm³/mol. The van der Waals surface area contributed by atoms with Crippen molar-refractivity contribution in [1.82, 2.24) is 5.32 Å². The Labute approximate surface area is 108 Å². The van der Waals surface area contributed by atoms with Gasteiger partial charge in [0.1, 0.15) is 0 Å². The summed E-state index contributed by atoms with van der Waals surface area (Å²) in [5.74, 6) is 1.09. The number of nitrogens with one attached hydrogen (secondary N) is 1. The number of hydrogen-bond acceptors (Lipinski definition) is 3. The lowest BCUT2D eigenvalue weighted by molar-refractivity contribution is 0.0957. The van der Waals surface area contributed by atoms with Gasteiger partial charge < -0.3 is 14.8 Å². The van der Waals surface area contributed by atoms with Gasteiger partial charge in [-0.1, -0.05) is 6.08 Å². The molecule has 0 spiro atoms. The molecule has 0 unspecified atom stereocenters. The molecule has 0 radical (unpaired) electrons. The van der Waals surface area contributed by atoms with Crippen LogP contribution in [0, 0.1) is 0 Å². The highest BCUT2D eigenvalue weighted by molar-refractivity contribution is 5.94. The van der Waals surface area contributed by atoms with Gasteiger partial charge in [-0.05, 0) is 32.0 Å². The molecule has 1 aromatic rings. The maximum Gasteiger partial charge on any atom is 0.251 e. The minimum atomic E-state index is -0.154. The van der Waals surface area contributed by atoms with E-state index in [1.54, 1.807) is 24.3 Å². The molecule has 0 aliphatic rings. The summed E-state index contributed by atoms with van der Waals surface area (Å²) in [6.45, 7) is 8.87. The lowest BCUT2D eigenvalue weighted by Gasteiger charge is -2.12. The Balaban J connectivity index is 2.90. The Morgan fingerprint density at radius 1 is 1.28 bits per heavy atom. The van der Waals surface area contributed by atoms with Gasteiger partial charge in [0.25, 0.3) is 5.91 Å². The number of benzene rings is 1. The minimum Gasteiger partial charge on any atom is -0.490 e. The monoisotopic (exact) mass is 249 g/mol. The molecule has 0 fully saturated rings. The van der Waals surface area contributed by atoms with Gasteiger partial charge in [-0.25, -0.2) is 0 Å². The molecule has 1 aromatic carbocycles. The summed E-state index contributed by atoms with van der Waals surface area (Å²) >= 11 is 0. The Hall–Kier alpha value is -1.97. The first-order chi connectivity index (χ1) is 8.72. The Bertz CT molecular complexity index is 416. The molecular formula is C14H19NO3. The van der Waals surface area contributed by atoms with Crippen molar-refractivity contribution in [3.05, 3.63) is 36.4 Å². The van der Waals surface area contributed by atoms with E-state index in [0.29, 0.717) is 36.8 Å². The molecule has 4 nitrogen and oxygen atoms in total. The van der Waals surface area contributed by atoms with Gasteiger partial charge in [-0.15, -0.1) is 6.58 Å². The highest BCUT2D eigenvalue weighted by Crippen LogP contribution is 2.28. The predicted octanol–water partition coefficient (Wildman–Crippen LogP) is 2.40. The smallest absolute Gasteiger partial charge is 0.251 e. The lowest BCUT2D eigenvalue weighted by atomic mass is 10.2. The van der Waals surface area contributed by atoms with Gasteiger partial charge in [-0.2, -0.15) is 0 Å². The van der Waals surface area contributed by atoms with Crippen molar-refractivity contribution in [3.8, 4) is 11.5 Å². The lowest BCUT2D eigenvalue weighted by Crippen LogP contribution is -2.23. The molecule has 0 aliphatic carbocycles. The van der Waals surface area contributed by atoms with E-state index >= 15 is 0 Å². The van der Waals surface area contributed by atoms with Crippen LogP contribution < -0.4 is 14.8 Å². The molecule has 4 heteroatoms. The Morgan fingerprint density at radius 3 is 2.56 bits per heavy atom. The van der Waals surface area contributed by atoms with Crippen molar-refractivity contribution in [3.63, 3.8) is 0 Å². The number of amides is 1. The van der Waals surface area contributed by atoms with Crippen molar-refractivity contribution in [2.75, 3.05) is 19.8 Å². The second-order valence-corrected chi connectivity index (χ2v) is 3.53. The van der Waals surface area contributed by atoms with Crippen molar-refractivity contribution in [1.29, 1.82) is 0 Å². The molecule has 0 bridgehead atoms. The first-order valence-corrected chi connectivity index (χ1v) is 6.01. The molecule has 98 valence electrons. The van der Waals surface area contributed by atoms with Crippen LogP contribution in [0.1, 0.15) is 24.2 Å². The highest BCUT2D eigenvalue weighted by atomic mass is 16.5. The first kappa shape index (κ1) is 14.1. The van der Waals surface area contributed by atoms with Crippen LogP contribution in [-0.4, -0.2) is 25.7 Å². The fourth-order valence-electron chi connectivity index (χ4n) is 1.46. The van der Waals surface area contributed by atoms with E-state index in [9.17, 15) is 4.79 Å². The number of rotatable bonds is 7. The van der Waals surface area contributed by atoms with Crippen LogP contribution in [0.5, 0.6) is 11.5 Å². The third-order valence-corrected chi connectivity index (χ3v) is 2.21. The number of carbonyl (C=O) groups excluding carboxylic acids is 1. The summed E-state index contributed by atoms with van der Waals surface area (Å²) in [7, 11) is 0. The molecular weight excluding hydrogens is 230 g/mol. The van der Waals surface area contributed by atoms with E-state index in [2.05, 4.69) is 11.9 Å². The molecule has 1 amide bonds. The summed E-state index contributed by atoms with van der Waals surface area (Å²) in [6.07, 6.45) is 1.63. The van der Waals surface area contributed by atoms with E-state index in [1.165, 1.54) is 0 Å². The molecule has 0 atom stereocenters. The first-order valence-electron chi connectivity index (χ1n) is 6.01. The second kappa shape index (κ2) is 7.37. The van der Waals surface area contributed by atoms with Gasteiger partial charge in [-0.3, -0.25) is 4.79 Å². The van der Waals surface area contributed by atoms with Crippen LogP contribution >= 0.6 is 0 Å². The maximum atomic E-state index is 11.8. The zero-order valence-electron chi connectivity index (χ0n) is 10.9. The van der Waals surface area contributed by atoms with Crippen LogP contribution in [0.15, 0.2) is 30.9 Å². The summed E-state index contributed by atoms with van der Waals surface area (Å²) < 4.78 is 10.9. The Kier molecular flexibility index (Phi) is 5.77. The van der Waals surface area contributed by atoms with E-state index in [4.69, 9.17) is 9.47 Å². The van der Waals surface area contributed by atoms with Gasteiger partial charge in [0.2, 0.25) is 0 Å². The van der Waals surface area contributed by atoms with Crippen LogP contribution in [0.2, 0.25) is 0 Å². The molecule has 0 heterocycles. The number of ether oxygens (including phenoxy) is 2. The van der Waals surface area contributed by atoms with Gasteiger partial charge in [0, 0.05) is 12.1 Å². The quantitative estimate of drug-likeness (QED) is 0.755. The number of carbonyl (C=O) groups is 1. The molecule has 0 aliphatic heterocycles. The van der Waals surface area contributed by atoms with E-state index < -0.39 is 0 Å². The average molecular weight is 249 g/mol. The normalized spacial score (nSPS) is 9.67. The summed E-state index contributed by atoms with van der Waals surface area (Å²) in [5, 5.41) is 2.72. The average Bonchev–Trinajstić information content (AvgIpc) is 2.38. The van der Waals surface area contributed by atoms with Crippen LogP contribution in [0.4, 0.5) is 0 Å². The zero-order valence-corrected chi connectivity index (χ0v) is 10.9. The van der Waals surface area contributed by atoms with Crippen molar-refractivity contribution >= 4 is 5.91 Å². The summed E-state index contributed by atoms with van der Waals surface area (Å²) in [5.41, 5.74) is 0.545.